The van der Waals surface area contributed by atoms with Crippen LogP contribution in [0, 0.1) is 5.92 Å². The molecular formula is C13H17F3O2. The van der Waals surface area contributed by atoms with Crippen LogP contribution in [-0.2, 0) is 5.60 Å². The van der Waals surface area contributed by atoms with Gasteiger partial charge in [-0.3, -0.25) is 0 Å². The predicted molar refractivity (Wildman–Crippen MR) is 62.4 cm³/mol. The van der Waals surface area contributed by atoms with Crippen molar-refractivity contribution >= 4 is 0 Å². The Morgan fingerprint density at radius 3 is 2.28 bits per heavy atom. The van der Waals surface area contributed by atoms with Crippen LogP contribution in [0.1, 0.15) is 26.3 Å². The zero-order valence-corrected chi connectivity index (χ0v) is 10.6. The third-order valence-corrected chi connectivity index (χ3v) is 2.54. The van der Waals surface area contributed by atoms with Crippen LogP contribution in [0.25, 0.3) is 0 Å². The predicted octanol–water partition coefficient (Wildman–Crippen LogP) is 3.49. The zero-order chi connectivity index (χ0) is 14.0. The van der Waals surface area contributed by atoms with E-state index >= 15 is 0 Å². The lowest BCUT2D eigenvalue weighted by molar-refractivity contribution is -0.259. The number of rotatable bonds is 4. The molecule has 0 saturated heterocycles. The van der Waals surface area contributed by atoms with E-state index in [1.165, 1.54) is 18.2 Å². The number of alkyl halides is 3. The number of hydrogen-bond donors (Lipinski definition) is 1. The summed E-state index contributed by atoms with van der Waals surface area (Å²) in [4.78, 5) is 0. The smallest absolute Gasteiger partial charge is 0.421 e. The van der Waals surface area contributed by atoms with E-state index < -0.39 is 11.8 Å². The van der Waals surface area contributed by atoms with Crippen LogP contribution in [0.4, 0.5) is 13.2 Å². The van der Waals surface area contributed by atoms with E-state index in [4.69, 9.17) is 4.74 Å². The number of ether oxygens (including phenoxy) is 1. The van der Waals surface area contributed by atoms with E-state index in [1.807, 2.05) is 13.8 Å². The van der Waals surface area contributed by atoms with Crippen molar-refractivity contribution in [1.82, 2.24) is 0 Å². The fourth-order valence-electron chi connectivity index (χ4n) is 1.40. The SMILES string of the molecule is CC(C)COc1ccccc1C(C)(O)C(F)(F)F. The molecule has 1 aromatic carbocycles. The summed E-state index contributed by atoms with van der Waals surface area (Å²) in [6.07, 6.45) is -4.75. The maximum Gasteiger partial charge on any atom is 0.421 e. The molecule has 0 bridgehead atoms. The van der Waals surface area contributed by atoms with Crippen LogP contribution in [0.5, 0.6) is 5.75 Å². The van der Waals surface area contributed by atoms with Gasteiger partial charge in [0.15, 0.2) is 5.60 Å². The molecule has 18 heavy (non-hydrogen) atoms. The summed E-state index contributed by atoms with van der Waals surface area (Å²) in [6, 6.07) is 5.67. The van der Waals surface area contributed by atoms with E-state index in [0.717, 1.165) is 6.92 Å². The number of benzene rings is 1. The summed E-state index contributed by atoms with van der Waals surface area (Å²) >= 11 is 0. The minimum absolute atomic E-state index is 0.0634. The molecule has 0 aliphatic carbocycles. The van der Waals surface area contributed by atoms with Gasteiger partial charge < -0.3 is 9.84 Å². The minimum atomic E-state index is -4.75. The van der Waals surface area contributed by atoms with Crippen LogP contribution in [-0.4, -0.2) is 17.9 Å². The third-order valence-electron chi connectivity index (χ3n) is 2.54. The maximum absolute atomic E-state index is 12.8. The van der Waals surface area contributed by atoms with Gasteiger partial charge in [0.2, 0.25) is 0 Å². The van der Waals surface area contributed by atoms with Gasteiger partial charge in [0.05, 0.1) is 6.61 Å². The Hall–Kier alpha value is -1.23. The van der Waals surface area contributed by atoms with Crippen molar-refractivity contribution < 1.29 is 23.0 Å². The minimum Gasteiger partial charge on any atom is -0.493 e. The van der Waals surface area contributed by atoms with Crippen molar-refractivity contribution in [1.29, 1.82) is 0 Å². The Morgan fingerprint density at radius 2 is 1.78 bits per heavy atom. The van der Waals surface area contributed by atoms with Crippen molar-refractivity contribution in [2.24, 2.45) is 5.92 Å². The van der Waals surface area contributed by atoms with Crippen LogP contribution in [0.15, 0.2) is 24.3 Å². The Labute approximate surface area is 104 Å². The third kappa shape index (κ3) is 3.16. The molecule has 1 rings (SSSR count). The summed E-state index contributed by atoms with van der Waals surface area (Å²) < 4.78 is 43.7. The average molecular weight is 262 g/mol. The quantitative estimate of drug-likeness (QED) is 0.900. The fourth-order valence-corrected chi connectivity index (χ4v) is 1.40. The standard InChI is InChI=1S/C13H17F3O2/c1-9(2)8-18-11-7-5-4-6-10(11)12(3,17)13(14,15)16/h4-7,9,17H,8H2,1-3H3. The van der Waals surface area contributed by atoms with Gasteiger partial charge in [0, 0.05) is 5.56 Å². The monoisotopic (exact) mass is 262 g/mol. The van der Waals surface area contributed by atoms with E-state index in [0.29, 0.717) is 6.61 Å². The molecule has 0 fully saturated rings. The van der Waals surface area contributed by atoms with E-state index in [1.54, 1.807) is 6.07 Å². The number of para-hydroxylation sites is 1. The Morgan fingerprint density at radius 1 is 1.22 bits per heavy atom. The summed E-state index contributed by atoms with van der Waals surface area (Å²) in [5, 5.41) is 9.66. The second-order valence-electron chi connectivity index (χ2n) is 4.77. The molecule has 1 aromatic rings. The molecule has 0 aliphatic heterocycles. The van der Waals surface area contributed by atoms with Gasteiger partial charge in [-0.05, 0) is 18.9 Å². The molecule has 0 amide bonds. The van der Waals surface area contributed by atoms with Gasteiger partial charge in [-0.25, -0.2) is 0 Å². The first-order valence-electron chi connectivity index (χ1n) is 5.67. The molecule has 0 heterocycles. The second kappa shape index (κ2) is 5.18. The Bertz CT molecular complexity index is 397. The molecular weight excluding hydrogens is 245 g/mol. The molecule has 0 aromatic heterocycles. The van der Waals surface area contributed by atoms with Crippen LogP contribution in [0.2, 0.25) is 0 Å². The lowest BCUT2D eigenvalue weighted by Gasteiger charge is -2.28. The lowest BCUT2D eigenvalue weighted by Crippen LogP contribution is -2.39. The normalized spacial score (nSPS) is 15.6. The molecule has 102 valence electrons. The van der Waals surface area contributed by atoms with E-state index in [9.17, 15) is 18.3 Å². The van der Waals surface area contributed by atoms with E-state index in [-0.39, 0.29) is 17.2 Å². The number of halogens is 3. The van der Waals surface area contributed by atoms with Crippen molar-refractivity contribution in [3.63, 3.8) is 0 Å². The maximum atomic E-state index is 12.8. The highest BCUT2D eigenvalue weighted by molar-refractivity contribution is 5.38. The van der Waals surface area contributed by atoms with Crippen molar-refractivity contribution in [3.05, 3.63) is 29.8 Å². The van der Waals surface area contributed by atoms with Crippen molar-refractivity contribution in [2.75, 3.05) is 6.61 Å². The summed E-state index contributed by atoms with van der Waals surface area (Å²) in [5.74, 6) is 0.252. The first-order valence-corrected chi connectivity index (χ1v) is 5.67. The average Bonchev–Trinajstić information content (AvgIpc) is 2.25. The summed E-state index contributed by atoms with van der Waals surface area (Å²) in [5.41, 5.74) is -3.18. The Kier molecular flexibility index (Phi) is 4.27. The highest BCUT2D eigenvalue weighted by Gasteiger charge is 2.52. The second-order valence-corrected chi connectivity index (χ2v) is 4.77. The molecule has 0 saturated carbocycles. The van der Waals surface area contributed by atoms with Gasteiger partial charge in [0.1, 0.15) is 5.75 Å². The summed E-state index contributed by atoms with van der Waals surface area (Å²) in [7, 11) is 0. The highest BCUT2D eigenvalue weighted by atomic mass is 19.4. The summed E-state index contributed by atoms with van der Waals surface area (Å²) in [6.45, 7) is 4.81. The molecule has 5 heteroatoms. The molecule has 1 atom stereocenters. The molecule has 1 N–H and O–H groups in total. The van der Waals surface area contributed by atoms with Gasteiger partial charge in [-0.2, -0.15) is 13.2 Å². The van der Waals surface area contributed by atoms with Crippen LogP contribution < -0.4 is 4.74 Å². The number of hydrogen-bond acceptors (Lipinski definition) is 2. The van der Waals surface area contributed by atoms with Gasteiger partial charge >= 0.3 is 6.18 Å². The molecule has 1 unspecified atom stereocenters. The molecule has 0 radical (unpaired) electrons. The van der Waals surface area contributed by atoms with Crippen LogP contribution >= 0.6 is 0 Å². The zero-order valence-electron chi connectivity index (χ0n) is 10.6. The van der Waals surface area contributed by atoms with Gasteiger partial charge in [-0.1, -0.05) is 32.0 Å². The first kappa shape index (κ1) is 14.8. The molecule has 0 aliphatic rings. The van der Waals surface area contributed by atoms with Gasteiger partial charge in [0.25, 0.3) is 0 Å². The first-order chi connectivity index (χ1) is 8.16. The van der Waals surface area contributed by atoms with E-state index in [2.05, 4.69) is 0 Å². The highest BCUT2D eigenvalue weighted by Crippen LogP contribution is 2.42. The lowest BCUT2D eigenvalue weighted by atomic mass is 9.94. The fraction of sp³-hybridized carbons (Fsp3) is 0.538. The Balaban J connectivity index is 3.09. The number of aliphatic hydroxyl groups is 1. The molecule has 2 nitrogen and oxygen atoms in total. The topological polar surface area (TPSA) is 29.5 Å². The van der Waals surface area contributed by atoms with Crippen LogP contribution in [0.3, 0.4) is 0 Å². The largest absolute Gasteiger partial charge is 0.493 e. The van der Waals surface area contributed by atoms with Gasteiger partial charge in [-0.15, -0.1) is 0 Å². The van der Waals surface area contributed by atoms with Crippen molar-refractivity contribution in [2.45, 2.75) is 32.5 Å². The van der Waals surface area contributed by atoms with Crippen molar-refractivity contribution in [3.8, 4) is 5.75 Å². The molecule has 0 spiro atoms.